The van der Waals surface area contributed by atoms with Crippen LogP contribution in [-0.2, 0) is 5.41 Å². The fraction of sp³-hybridized carbons (Fsp3) is 0.0179. The van der Waals surface area contributed by atoms with Crippen molar-refractivity contribution in [3.63, 3.8) is 0 Å². The van der Waals surface area contributed by atoms with Crippen LogP contribution < -0.4 is 4.74 Å². The van der Waals surface area contributed by atoms with E-state index in [9.17, 15) is 0 Å². The van der Waals surface area contributed by atoms with E-state index >= 15 is 0 Å². The van der Waals surface area contributed by atoms with Crippen LogP contribution in [0.3, 0.4) is 0 Å². The van der Waals surface area contributed by atoms with E-state index in [0.29, 0.717) is 17.5 Å². The van der Waals surface area contributed by atoms with Crippen molar-refractivity contribution in [1.29, 1.82) is 0 Å². The third-order valence-electron chi connectivity index (χ3n) is 12.2. The monoisotopic (exact) mass is 765 g/mol. The molecule has 9 aromatic carbocycles. The summed E-state index contributed by atoms with van der Waals surface area (Å²) in [4.78, 5) is 15.5. The minimum atomic E-state index is -0.544. The van der Waals surface area contributed by atoms with Crippen molar-refractivity contribution in [2.75, 3.05) is 0 Å². The lowest BCUT2D eigenvalue weighted by atomic mass is 9.66. The van der Waals surface area contributed by atoms with Gasteiger partial charge in [-0.05, 0) is 85.6 Å². The van der Waals surface area contributed by atoms with Crippen LogP contribution in [0.1, 0.15) is 22.3 Å². The van der Waals surface area contributed by atoms with Crippen LogP contribution in [0.25, 0.3) is 78.3 Å². The zero-order valence-electron chi connectivity index (χ0n) is 32.5. The molecule has 0 radical (unpaired) electrons. The predicted molar refractivity (Wildman–Crippen MR) is 242 cm³/mol. The van der Waals surface area contributed by atoms with Gasteiger partial charge in [0.15, 0.2) is 17.5 Å². The van der Waals surface area contributed by atoms with Crippen LogP contribution in [0, 0.1) is 0 Å². The SMILES string of the molecule is c1ccc(-c2nc(-c3cccc(-c4ccc5c(c4)C4(c6ccccc6O5)c5ccccc5-c5ccccc54)c3)nc(-c3ccc(-c4ccccc4)c4ccccc34)n2)cc1. The highest BCUT2D eigenvalue weighted by molar-refractivity contribution is 6.04. The molecule has 60 heavy (non-hydrogen) atoms. The van der Waals surface area contributed by atoms with Gasteiger partial charge in [-0.1, -0.05) is 182 Å². The van der Waals surface area contributed by atoms with Gasteiger partial charge in [-0.15, -0.1) is 0 Å². The molecule has 10 aromatic rings. The Hall–Kier alpha value is -7.95. The average Bonchev–Trinajstić information content (AvgIpc) is 3.62. The standard InChI is InChI=1S/C56H35N3O/c1-3-16-36(17-4-1)41-31-32-46(43-23-8-7-22-42(41)43)55-58-53(37-18-5-2-6-19-37)57-54(59-55)40-21-15-20-38(34-40)39-30-33-52-50(35-39)56(49-28-13-14-29-51(49)60-52)47-26-11-9-24-44(47)45-25-10-12-27-48(45)56/h1-35H. The van der Waals surface area contributed by atoms with Crippen molar-refractivity contribution in [2.45, 2.75) is 5.41 Å². The number of fused-ring (bicyclic) bond motifs is 10. The molecular weight excluding hydrogens is 731 g/mol. The van der Waals surface area contributed by atoms with Gasteiger partial charge in [0.2, 0.25) is 0 Å². The Balaban J connectivity index is 1.02. The van der Waals surface area contributed by atoms with Crippen molar-refractivity contribution in [3.05, 3.63) is 235 Å². The van der Waals surface area contributed by atoms with E-state index in [2.05, 4.69) is 194 Å². The number of rotatable bonds is 5. The number of para-hydroxylation sites is 1. The minimum Gasteiger partial charge on any atom is -0.457 e. The van der Waals surface area contributed by atoms with Crippen LogP contribution in [-0.4, -0.2) is 15.0 Å². The van der Waals surface area contributed by atoms with Crippen LogP contribution in [0.2, 0.25) is 0 Å². The first kappa shape index (κ1) is 34.1. The topological polar surface area (TPSA) is 47.9 Å². The van der Waals surface area contributed by atoms with Gasteiger partial charge in [-0.3, -0.25) is 0 Å². The number of hydrogen-bond donors (Lipinski definition) is 0. The fourth-order valence-corrected chi connectivity index (χ4v) is 9.58. The summed E-state index contributed by atoms with van der Waals surface area (Å²) < 4.78 is 6.72. The van der Waals surface area contributed by atoms with E-state index in [0.717, 1.165) is 61.2 Å². The molecule has 0 bridgehead atoms. The third-order valence-corrected chi connectivity index (χ3v) is 12.2. The molecule has 1 aliphatic heterocycles. The number of aromatic nitrogens is 3. The largest absolute Gasteiger partial charge is 0.457 e. The lowest BCUT2D eigenvalue weighted by Crippen LogP contribution is -2.32. The zero-order valence-corrected chi connectivity index (χ0v) is 32.5. The maximum atomic E-state index is 6.72. The number of hydrogen-bond acceptors (Lipinski definition) is 4. The molecule has 4 heteroatoms. The summed E-state index contributed by atoms with van der Waals surface area (Å²) in [6, 6.07) is 74.9. The first-order valence-corrected chi connectivity index (χ1v) is 20.4. The van der Waals surface area contributed by atoms with E-state index in [1.807, 2.05) is 18.2 Å². The van der Waals surface area contributed by atoms with E-state index in [1.54, 1.807) is 0 Å². The minimum absolute atomic E-state index is 0.544. The molecule has 0 atom stereocenters. The first-order chi connectivity index (χ1) is 29.7. The van der Waals surface area contributed by atoms with Crippen LogP contribution >= 0.6 is 0 Å². The van der Waals surface area contributed by atoms with Crippen molar-refractivity contribution < 1.29 is 4.74 Å². The molecule has 0 fully saturated rings. The quantitative estimate of drug-likeness (QED) is 0.175. The first-order valence-electron chi connectivity index (χ1n) is 20.4. The van der Waals surface area contributed by atoms with Crippen LogP contribution in [0.15, 0.2) is 212 Å². The van der Waals surface area contributed by atoms with Gasteiger partial charge >= 0.3 is 0 Å². The number of ether oxygens (including phenoxy) is 1. The molecule has 12 rings (SSSR count). The highest BCUT2D eigenvalue weighted by Crippen LogP contribution is 2.62. The predicted octanol–water partition coefficient (Wildman–Crippen LogP) is 13.8. The number of benzene rings is 9. The summed E-state index contributed by atoms with van der Waals surface area (Å²) in [5, 5.41) is 2.24. The average molecular weight is 766 g/mol. The third kappa shape index (κ3) is 5.21. The molecule has 1 aliphatic carbocycles. The molecule has 2 aliphatic rings. The maximum Gasteiger partial charge on any atom is 0.164 e. The molecule has 0 unspecified atom stereocenters. The summed E-state index contributed by atoms with van der Waals surface area (Å²) in [5.74, 6) is 3.61. The van der Waals surface area contributed by atoms with Gasteiger partial charge < -0.3 is 4.74 Å². The maximum absolute atomic E-state index is 6.72. The summed E-state index contributed by atoms with van der Waals surface area (Å²) in [6.07, 6.45) is 0. The van der Waals surface area contributed by atoms with E-state index < -0.39 is 5.41 Å². The van der Waals surface area contributed by atoms with Gasteiger partial charge in [-0.2, -0.15) is 0 Å². The lowest BCUT2D eigenvalue weighted by molar-refractivity contribution is 0.436. The molecule has 0 amide bonds. The van der Waals surface area contributed by atoms with Gasteiger partial charge in [0.25, 0.3) is 0 Å². The van der Waals surface area contributed by atoms with E-state index in [4.69, 9.17) is 19.7 Å². The zero-order chi connectivity index (χ0) is 39.6. The normalized spacial score (nSPS) is 12.9. The Morgan fingerprint density at radius 1 is 0.283 bits per heavy atom. The second-order valence-corrected chi connectivity index (χ2v) is 15.5. The highest BCUT2D eigenvalue weighted by atomic mass is 16.5. The fourth-order valence-electron chi connectivity index (χ4n) is 9.58. The van der Waals surface area contributed by atoms with Crippen molar-refractivity contribution in [2.24, 2.45) is 0 Å². The van der Waals surface area contributed by atoms with Crippen LogP contribution in [0.4, 0.5) is 0 Å². The molecule has 1 aromatic heterocycles. The van der Waals surface area contributed by atoms with Gasteiger partial charge in [0.05, 0.1) is 5.41 Å². The number of nitrogens with zero attached hydrogens (tertiary/aromatic N) is 3. The highest BCUT2D eigenvalue weighted by Gasteiger charge is 2.51. The molecule has 0 saturated heterocycles. The molecular formula is C56H35N3O. The van der Waals surface area contributed by atoms with E-state index in [1.165, 1.54) is 33.4 Å². The molecule has 1 spiro atoms. The molecule has 280 valence electrons. The summed E-state index contributed by atoms with van der Waals surface area (Å²) in [7, 11) is 0. The van der Waals surface area contributed by atoms with Crippen molar-refractivity contribution in [1.82, 2.24) is 15.0 Å². The molecule has 0 saturated carbocycles. The molecule has 4 nitrogen and oxygen atoms in total. The Bertz CT molecular complexity index is 3260. The summed E-state index contributed by atoms with van der Waals surface area (Å²) in [6.45, 7) is 0. The Labute approximate surface area is 348 Å². The van der Waals surface area contributed by atoms with Crippen molar-refractivity contribution >= 4 is 10.8 Å². The lowest BCUT2D eigenvalue weighted by Gasteiger charge is -2.39. The Morgan fingerprint density at radius 3 is 1.52 bits per heavy atom. The Kier molecular flexibility index (Phi) is 7.72. The second kappa shape index (κ2) is 13.6. The van der Waals surface area contributed by atoms with E-state index in [-0.39, 0.29) is 0 Å². The molecule has 2 heterocycles. The summed E-state index contributed by atoms with van der Waals surface area (Å²) in [5.41, 5.74) is 14.1. The smallest absolute Gasteiger partial charge is 0.164 e. The molecule has 0 N–H and O–H groups in total. The van der Waals surface area contributed by atoms with Gasteiger partial charge in [-0.25, -0.2) is 15.0 Å². The van der Waals surface area contributed by atoms with Gasteiger partial charge in [0, 0.05) is 27.8 Å². The summed E-state index contributed by atoms with van der Waals surface area (Å²) >= 11 is 0. The Morgan fingerprint density at radius 2 is 0.783 bits per heavy atom. The van der Waals surface area contributed by atoms with Gasteiger partial charge in [0.1, 0.15) is 11.5 Å². The van der Waals surface area contributed by atoms with Crippen LogP contribution in [0.5, 0.6) is 11.5 Å². The van der Waals surface area contributed by atoms with Crippen molar-refractivity contribution in [3.8, 4) is 79.0 Å². The second-order valence-electron chi connectivity index (χ2n) is 15.5.